The molecule has 1 aromatic carbocycles. The van der Waals surface area contributed by atoms with E-state index in [-0.39, 0.29) is 0 Å². The molecule has 2 nitrogen and oxygen atoms in total. The second-order valence-corrected chi connectivity index (χ2v) is 3.07. The van der Waals surface area contributed by atoms with Crippen LogP contribution in [-0.4, -0.2) is 9.97 Å². The summed E-state index contributed by atoms with van der Waals surface area (Å²) >= 11 is 0. The molecule has 1 heterocycles. The highest BCUT2D eigenvalue weighted by molar-refractivity contribution is 5.60. The van der Waals surface area contributed by atoms with Crippen LogP contribution in [0.3, 0.4) is 0 Å². The summed E-state index contributed by atoms with van der Waals surface area (Å²) in [4.78, 5) is 8.67. The van der Waals surface area contributed by atoms with E-state index < -0.39 is 0 Å². The van der Waals surface area contributed by atoms with Gasteiger partial charge in [-0.3, -0.25) is 9.97 Å². The third-order valence-corrected chi connectivity index (χ3v) is 2.16. The van der Waals surface area contributed by atoms with Gasteiger partial charge in [-0.05, 0) is 6.42 Å². The van der Waals surface area contributed by atoms with Crippen molar-refractivity contribution in [3.8, 4) is 11.3 Å². The van der Waals surface area contributed by atoms with E-state index in [4.69, 9.17) is 0 Å². The Morgan fingerprint density at radius 1 is 1.00 bits per heavy atom. The molecule has 70 valence electrons. The SMILES string of the molecule is CCc1nccnc1-c1ccccc1. The Labute approximate surface area is 83.7 Å². The fourth-order valence-electron chi connectivity index (χ4n) is 1.46. The normalized spacial score (nSPS) is 10.1. The molecule has 0 spiro atoms. The van der Waals surface area contributed by atoms with Crippen LogP contribution in [0, 0.1) is 0 Å². The van der Waals surface area contributed by atoms with Crippen molar-refractivity contribution in [3.63, 3.8) is 0 Å². The maximum Gasteiger partial charge on any atom is 0.0917 e. The summed E-state index contributed by atoms with van der Waals surface area (Å²) < 4.78 is 0. The third kappa shape index (κ3) is 1.64. The fraction of sp³-hybridized carbons (Fsp3) is 0.167. The quantitative estimate of drug-likeness (QED) is 0.717. The molecule has 2 aromatic rings. The van der Waals surface area contributed by atoms with Crippen molar-refractivity contribution in [1.29, 1.82) is 0 Å². The maximum absolute atomic E-state index is 4.36. The molecule has 0 aliphatic carbocycles. The average molecular weight is 184 g/mol. The van der Waals surface area contributed by atoms with Crippen LogP contribution in [0.25, 0.3) is 11.3 Å². The van der Waals surface area contributed by atoms with Crippen molar-refractivity contribution in [1.82, 2.24) is 9.97 Å². The standard InChI is InChI=1S/C12H12N2/c1-2-11-12(14-9-8-13-11)10-6-4-3-5-7-10/h3-9H,2H2,1H3. The molecule has 0 bridgehead atoms. The summed E-state index contributed by atoms with van der Waals surface area (Å²) in [5.41, 5.74) is 3.19. The molecule has 0 aliphatic heterocycles. The van der Waals surface area contributed by atoms with Gasteiger partial charge in [0.25, 0.3) is 0 Å². The molecule has 14 heavy (non-hydrogen) atoms. The highest BCUT2D eigenvalue weighted by Crippen LogP contribution is 2.18. The van der Waals surface area contributed by atoms with E-state index in [0.29, 0.717) is 0 Å². The third-order valence-electron chi connectivity index (χ3n) is 2.16. The van der Waals surface area contributed by atoms with Gasteiger partial charge in [-0.1, -0.05) is 37.3 Å². The summed E-state index contributed by atoms with van der Waals surface area (Å²) in [6.07, 6.45) is 4.39. The van der Waals surface area contributed by atoms with Gasteiger partial charge in [0.05, 0.1) is 11.4 Å². The number of rotatable bonds is 2. The Hall–Kier alpha value is -1.70. The first-order chi connectivity index (χ1) is 6.92. The highest BCUT2D eigenvalue weighted by Gasteiger charge is 2.04. The second-order valence-electron chi connectivity index (χ2n) is 3.07. The first-order valence-electron chi connectivity index (χ1n) is 4.77. The Morgan fingerprint density at radius 2 is 1.71 bits per heavy atom. The van der Waals surface area contributed by atoms with Crippen molar-refractivity contribution in [2.24, 2.45) is 0 Å². The number of aromatic nitrogens is 2. The zero-order valence-electron chi connectivity index (χ0n) is 8.14. The first-order valence-corrected chi connectivity index (χ1v) is 4.77. The Morgan fingerprint density at radius 3 is 2.43 bits per heavy atom. The molecule has 0 saturated heterocycles. The lowest BCUT2D eigenvalue weighted by molar-refractivity contribution is 1.01. The van der Waals surface area contributed by atoms with Gasteiger partial charge in [-0.25, -0.2) is 0 Å². The molecule has 0 saturated carbocycles. The van der Waals surface area contributed by atoms with Gasteiger partial charge in [0.1, 0.15) is 0 Å². The predicted octanol–water partition coefficient (Wildman–Crippen LogP) is 2.71. The summed E-state index contributed by atoms with van der Waals surface area (Å²) in [6, 6.07) is 10.2. The van der Waals surface area contributed by atoms with Crippen LogP contribution >= 0.6 is 0 Å². The minimum atomic E-state index is 0.915. The maximum atomic E-state index is 4.36. The second kappa shape index (κ2) is 4.01. The van der Waals surface area contributed by atoms with Crippen molar-refractivity contribution in [3.05, 3.63) is 48.4 Å². The van der Waals surface area contributed by atoms with Crippen molar-refractivity contribution in [2.75, 3.05) is 0 Å². The van der Waals surface area contributed by atoms with E-state index in [1.807, 2.05) is 18.2 Å². The summed E-state index contributed by atoms with van der Waals surface area (Å²) in [6.45, 7) is 2.09. The lowest BCUT2D eigenvalue weighted by atomic mass is 10.1. The van der Waals surface area contributed by atoms with Crippen LogP contribution in [0.5, 0.6) is 0 Å². The fourth-order valence-corrected chi connectivity index (χ4v) is 1.46. The number of nitrogens with zero attached hydrogens (tertiary/aromatic N) is 2. The Balaban J connectivity index is 2.51. The Bertz CT molecular complexity index is 410. The number of hydrogen-bond acceptors (Lipinski definition) is 2. The number of hydrogen-bond donors (Lipinski definition) is 0. The van der Waals surface area contributed by atoms with Gasteiger partial charge in [0.2, 0.25) is 0 Å². The van der Waals surface area contributed by atoms with Crippen LogP contribution in [-0.2, 0) is 6.42 Å². The van der Waals surface area contributed by atoms with Gasteiger partial charge in [0.15, 0.2) is 0 Å². The lowest BCUT2D eigenvalue weighted by Crippen LogP contribution is -1.94. The molecule has 0 aliphatic rings. The highest BCUT2D eigenvalue weighted by atomic mass is 14.8. The molecule has 0 radical (unpaired) electrons. The molecule has 2 heteroatoms. The zero-order chi connectivity index (χ0) is 9.80. The molecule has 1 aromatic heterocycles. The number of benzene rings is 1. The van der Waals surface area contributed by atoms with Gasteiger partial charge in [-0.2, -0.15) is 0 Å². The lowest BCUT2D eigenvalue weighted by Gasteiger charge is -2.04. The molecule has 2 rings (SSSR count). The smallest absolute Gasteiger partial charge is 0.0917 e. The van der Waals surface area contributed by atoms with Crippen molar-refractivity contribution >= 4 is 0 Å². The van der Waals surface area contributed by atoms with Crippen LogP contribution in [0.4, 0.5) is 0 Å². The minimum Gasteiger partial charge on any atom is -0.257 e. The minimum absolute atomic E-state index is 0.915. The first kappa shape index (κ1) is 8.88. The molecule has 0 N–H and O–H groups in total. The topological polar surface area (TPSA) is 25.8 Å². The summed E-state index contributed by atoms with van der Waals surface area (Å²) in [5, 5.41) is 0. The zero-order valence-corrected chi connectivity index (χ0v) is 8.14. The summed E-state index contributed by atoms with van der Waals surface area (Å²) in [5.74, 6) is 0. The predicted molar refractivity (Wildman–Crippen MR) is 56.8 cm³/mol. The van der Waals surface area contributed by atoms with Gasteiger partial charge >= 0.3 is 0 Å². The van der Waals surface area contributed by atoms with E-state index in [2.05, 4.69) is 29.0 Å². The molecule has 0 amide bonds. The van der Waals surface area contributed by atoms with Crippen LogP contribution < -0.4 is 0 Å². The number of aryl methyl sites for hydroxylation is 1. The van der Waals surface area contributed by atoms with Crippen LogP contribution in [0.15, 0.2) is 42.7 Å². The van der Waals surface area contributed by atoms with Gasteiger partial charge in [0, 0.05) is 18.0 Å². The molecular formula is C12H12N2. The van der Waals surface area contributed by atoms with Crippen LogP contribution in [0.1, 0.15) is 12.6 Å². The van der Waals surface area contributed by atoms with Crippen molar-refractivity contribution < 1.29 is 0 Å². The van der Waals surface area contributed by atoms with Gasteiger partial charge in [-0.15, -0.1) is 0 Å². The van der Waals surface area contributed by atoms with E-state index in [1.165, 1.54) is 0 Å². The molecule has 0 unspecified atom stereocenters. The van der Waals surface area contributed by atoms with Gasteiger partial charge < -0.3 is 0 Å². The van der Waals surface area contributed by atoms with E-state index >= 15 is 0 Å². The van der Waals surface area contributed by atoms with E-state index in [1.54, 1.807) is 12.4 Å². The average Bonchev–Trinajstić information content (AvgIpc) is 2.30. The molecule has 0 atom stereocenters. The largest absolute Gasteiger partial charge is 0.257 e. The summed E-state index contributed by atoms with van der Waals surface area (Å²) in [7, 11) is 0. The monoisotopic (exact) mass is 184 g/mol. The molecule has 0 fully saturated rings. The van der Waals surface area contributed by atoms with Crippen molar-refractivity contribution in [2.45, 2.75) is 13.3 Å². The van der Waals surface area contributed by atoms with E-state index in [9.17, 15) is 0 Å². The Kier molecular flexibility index (Phi) is 2.54. The van der Waals surface area contributed by atoms with Crippen LogP contribution in [0.2, 0.25) is 0 Å². The molecular weight excluding hydrogens is 172 g/mol. The van der Waals surface area contributed by atoms with E-state index in [0.717, 1.165) is 23.4 Å².